The van der Waals surface area contributed by atoms with Crippen LogP contribution in [0.3, 0.4) is 0 Å². The highest BCUT2D eigenvalue weighted by Gasteiger charge is 2.39. The summed E-state index contributed by atoms with van der Waals surface area (Å²) in [5.41, 5.74) is 1.94. The van der Waals surface area contributed by atoms with Crippen LogP contribution < -0.4 is 5.32 Å². The monoisotopic (exact) mass is 528 g/mol. The van der Waals surface area contributed by atoms with Crippen molar-refractivity contribution in [1.29, 1.82) is 0 Å². The molecule has 1 aromatic carbocycles. The lowest BCUT2D eigenvalue weighted by molar-refractivity contribution is -0.291. The van der Waals surface area contributed by atoms with Crippen LogP contribution in [0.25, 0.3) is 21.8 Å². The van der Waals surface area contributed by atoms with Gasteiger partial charge in [0, 0.05) is 41.6 Å². The van der Waals surface area contributed by atoms with Crippen LogP contribution >= 0.6 is 11.6 Å². The topological polar surface area (TPSA) is 104 Å². The largest absolute Gasteiger partial charge is 0.372 e. The molecule has 2 aliphatic rings. The number of rotatable bonds is 9. The number of anilines is 1. The maximum Gasteiger partial charge on any atom is 0.244 e. The van der Waals surface area contributed by atoms with Crippen molar-refractivity contribution in [3.8, 4) is 0 Å². The molecular formula is C26H33ClN6O4. The van der Waals surface area contributed by atoms with Crippen molar-refractivity contribution in [2.45, 2.75) is 32.4 Å². The van der Waals surface area contributed by atoms with E-state index < -0.39 is 6.04 Å². The van der Waals surface area contributed by atoms with Crippen LogP contribution in [0.2, 0.25) is 5.02 Å². The molecule has 10 nitrogen and oxygen atoms in total. The first-order valence-corrected chi connectivity index (χ1v) is 13.0. The molecular weight excluding hydrogens is 496 g/mol. The SMILES string of the molecule is CCOOCCN1CCN=C1CN1CC(C)(C)OC[C@H]1C(=O)Nc1cc(Cl)cc2c1[nH]c1cnccc12. The van der Waals surface area contributed by atoms with Crippen molar-refractivity contribution in [2.75, 3.05) is 57.9 Å². The van der Waals surface area contributed by atoms with Gasteiger partial charge in [-0.1, -0.05) is 11.6 Å². The van der Waals surface area contributed by atoms with Gasteiger partial charge >= 0.3 is 0 Å². The number of nitrogens with one attached hydrogen (secondary N) is 2. The summed E-state index contributed by atoms with van der Waals surface area (Å²) in [6.45, 7) is 10.6. The summed E-state index contributed by atoms with van der Waals surface area (Å²) >= 11 is 6.45. The van der Waals surface area contributed by atoms with Crippen molar-refractivity contribution in [2.24, 2.45) is 4.99 Å². The zero-order chi connectivity index (χ0) is 26.0. The van der Waals surface area contributed by atoms with Gasteiger partial charge < -0.3 is 19.9 Å². The number of aromatic nitrogens is 2. The highest BCUT2D eigenvalue weighted by molar-refractivity contribution is 6.33. The van der Waals surface area contributed by atoms with E-state index in [1.807, 2.05) is 32.9 Å². The Morgan fingerprint density at radius 1 is 1.32 bits per heavy atom. The Kier molecular flexibility index (Phi) is 7.64. The molecule has 37 heavy (non-hydrogen) atoms. The van der Waals surface area contributed by atoms with Gasteiger partial charge in [-0.15, -0.1) is 0 Å². The van der Waals surface area contributed by atoms with Gasteiger partial charge in [-0.05, 0) is 39.0 Å². The van der Waals surface area contributed by atoms with Gasteiger partial charge in [-0.3, -0.25) is 19.7 Å². The molecule has 1 saturated heterocycles. The second-order valence-electron chi connectivity index (χ2n) is 9.92. The van der Waals surface area contributed by atoms with Gasteiger partial charge in [0.1, 0.15) is 11.9 Å². The molecule has 1 amide bonds. The number of hydrogen-bond acceptors (Lipinski definition) is 8. The number of carbonyl (C=O) groups excluding carboxylic acids is 1. The van der Waals surface area contributed by atoms with E-state index in [9.17, 15) is 4.79 Å². The lowest BCUT2D eigenvalue weighted by Crippen LogP contribution is -2.60. The van der Waals surface area contributed by atoms with E-state index in [1.165, 1.54) is 0 Å². The smallest absolute Gasteiger partial charge is 0.244 e. The van der Waals surface area contributed by atoms with Crippen molar-refractivity contribution < 1.29 is 19.3 Å². The number of aromatic amines is 1. The minimum absolute atomic E-state index is 0.152. The molecule has 1 fully saturated rings. The first-order valence-electron chi connectivity index (χ1n) is 12.6. The Hall–Kier alpha value is -2.76. The molecule has 3 aromatic rings. The van der Waals surface area contributed by atoms with Gasteiger partial charge in [0.05, 0.1) is 61.4 Å². The van der Waals surface area contributed by atoms with Crippen LogP contribution in [0.4, 0.5) is 5.69 Å². The number of halogens is 1. The number of pyridine rings is 1. The van der Waals surface area contributed by atoms with Crippen molar-refractivity contribution in [1.82, 2.24) is 19.8 Å². The van der Waals surface area contributed by atoms with Crippen LogP contribution in [-0.4, -0.2) is 95.7 Å². The Bertz CT molecular complexity index is 1310. The summed E-state index contributed by atoms with van der Waals surface area (Å²) in [6, 6.07) is 5.11. The first kappa shape index (κ1) is 25.9. The Labute approximate surface area is 220 Å². The molecule has 198 valence electrons. The van der Waals surface area contributed by atoms with E-state index >= 15 is 0 Å². The molecule has 0 radical (unpaired) electrons. The number of carbonyl (C=O) groups is 1. The van der Waals surface area contributed by atoms with E-state index in [4.69, 9.17) is 31.1 Å². The van der Waals surface area contributed by atoms with E-state index in [0.29, 0.717) is 43.6 Å². The lowest BCUT2D eigenvalue weighted by atomic mass is 10.0. The van der Waals surface area contributed by atoms with E-state index in [2.05, 4.69) is 25.1 Å². The average Bonchev–Trinajstić information content (AvgIpc) is 3.45. The molecule has 2 aromatic heterocycles. The number of benzene rings is 1. The third kappa shape index (κ3) is 5.73. The number of morpholine rings is 1. The van der Waals surface area contributed by atoms with Crippen LogP contribution in [0, 0.1) is 0 Å². The number of amidine groups is 1. The molecule has 0 bridgehead atoms. The van der Waals surface area contributed by atoms with Crippen LogP contribution in [0.1, 0.15) is 20.8 Å². The molecule has 4 heterocycles. The second kappa shape index (κ2) is 10.9. The number of H-pyrrole nitrogens is 1. The number of amides is 1. The fourth-order valence-electron chi connectivity index (χ4n) is 4.99. The normalized spacial score (nSPS) is 20.1. The fraction of sp³-hybridized carbons (Fsp3) is 0.500. The van der Waals surface area contributed by atoms with Crippen molar-refractivity contribution in [3.05, 3.63) is 35.6 Å². The molecule has 0 aliphatic carbocycles. The Morgan fingerprint density at radius 3 is 3.03 bits per heavy atom. The van der Waals surface area contributed by atoms with Crippen molar-refractivity contribution >= 4 is 50.8 Å². The number of nitrogens with zero attached hydrogens (tertiary/aromatic N) is 4. The molecule has 1 atom stereocenters. The van der Waals surface area contributed by atoms with Gasteiger partial charge in [0.15, 0.2) is 0 Å². The van der Waals surface area contributed by atoms with Crippen molar-refractivity contribution in [3.63, 3.8) is 0 Å². The van der Waals surface area contributed by atoms with Gasteiger partial charge in [-0.2, -0.15) is 0 Å². The first-order chi connectivity index (χ1) is 17.8. The minimum atomic E-state index is -0.488. The number of fused-ring (bicyclic) bond motifs is 3. The van der Waals surface area contributed by atoms with Gasteiger partial charge in [0.25, 0.3) is 0 Å². The molecule has 5 rings (SSSR count). The second-order valence-corrected chi connectivity index (χ2v) is 10.4. The third-order valence-corrected chi connectivity index (χ3v) is 6.93. The lowest BCUT2D eigenvalue weighted by Gasteiger charge is -2.43. The van der Waals surface area contributed by atoms with Crippen LogP contribution in [-0.2, 0) is 19.3 Å². The molecule has 2 aliphatic heterocycles. The van der Waals surface area contributed by atoms with Crippen LogP contribution in [0.15, 0.2) is 35.6 Å². The molecule has 0 saturated carbocycles. The molecule has 0 spiro atoms. The summed E-state index contributed by atoms with van der Waals surface area (Å²) in [4.78, 5) is 40.5. The number of aliphatic imine (C=N–C) groups is 1. The third-order valence-electron chi connectivity index (χ3n) is 6.71. The number of hydrogen-bond donors (Lipinski definition) is 2. The number of ether oxygens (including phenoxy) is 1. The molecule has 0 unspecified atom stereocenters. The minimum Gasteiger partial charge on any atom is -0.372 e. The standard InChI is InChI=1S/C26H33ClN6O4/c1-4-36-37-10-9-32-8-7-29-23(32)14-33-16-26(2,3)35-15-22(33)25(34)31-20-12-17(27)11-19-18-5-6-28-13-21(18)30-24(19)20/h5-6,11-13,22,30H,4,7-10,14-16H2,1-3H3,(H,31,34)/t22-/m0/s1. The van der Waals surface area contributed by atoms with Gasteiger partial charge in [0.2, 0.25) is 5.91 Å². The highest BCUT2D eigenvalue weighted by Crippen LogP contribution is 2.33. The predicted octanol–water partition coefficient (Wildman–Crippen LogP) is 3.47. The molecule has 2 N–H and O–H groups in total. The summed E-state index contributed by atoms with van der Waals surface area (Å²) in [6.07, 6.45) is 3.51. The summed E-state index contributed by atoms with van der Waals surface area (Å²) < 4.78 is 6.07. The average molecular weight is 529 g/mol. The maximum atomic E-state index is 13.7. The predicted molar refractivity (Wildman–Crippen MR) is 144 cm³/mol. The quantitative estimate of drug-likeness (QED) is 0.249. The van der Waals surface area contributed by atoms with Gasteiger partial charge in [-0.25, -0.2) is 9.78 Å². The molecule has 11 heteroatoms. The zero-order valence-electron chi connectivity index (χ0n) is 21.4. The summed E-state index contributed by atoms with van der Waals surface area (Å²) in [5, 5.41) is 5.59. The summed E-state index contributed by atoms with van der Waals surface area (Å²) in [7, 11) is 0. The zero-order valence-corrected chi connectivity index (χ0v) is 22.2. The maximum absolute atomic E-state index is 13.7. The Balaban J connectivity index is 1.35. The van der Waals surface area contributed by atoms with Crippen LogP contribution in [0.5, 0.6) is 0 Å². The van der Waals surface area contributed by atoms with E-state index in [1.54, 1.807) is 18.5 Å². The highest BCUT2D eigenvalue weighted by atomic mass is 35.5. The summed E-state index contributed by atoms with van der Waals surface area (Å²) in [5.74, 6) is 0.796. The fourth-order valence-corrected chi connectivity index (χ4v) is 5.20. The van der Waals surface area contributed by atoms with E-state index in [0.717, 1.165) is 40.7 Å². The van der Waals surface area contributed by atoms with E-state index in [-0.39, 0.29) is 18.1 Å². The Morgan fingerprint density at radius 2 is 2.19 bits per heavy atom.